The van der Waals surface area contributed by atoms with Gasteiger partial charge in [0.05, 0.1) is 15.6 Å². The normalized spacial score (nSPS) is 18.6. The van der Waals surface area contributed by atoms with E-state index < -0.39 is 0 Å². The average molecular weight is 481 g/mol. The van der Waals surface area contributed by atoms with Crippen molar-refractivity contribution < 1.29 is 9.53 Å². The predicted octanol–water partition coefficient (Wildman–Crippen LogP) is 5.29. The van der Waals surface area contributed by atoms with Crippen LogP contribution >= 0.6 is 23.2 Å². The Labute approximate surface area is 202 Å². The highest BCUT2D eigenvalue weighted by Gasteiger charge is 2.41. The van der Waals surface area contributed by atoms with Crippen LogP contribution in [0.2, 0.25) is 10.0 Å². The van der Waals surface area contributed by atoms with E-state index in [0.29, 0.717) is 40.3 Å². The molecule has 6 nitrogen and oxygen atoms in total. The summed E-state index contributed by atoms with van der Waals surface area (Å²) in [4.78, 5) is 23.5. The summed E-state index contributed by atoms with van der Waals surface area (Å²) < 4.78 is 6.12. The number of hydrogen-bond acceptors (Lipinski definition) is 5. The standard InChI is InChI=1S/C25H22Cl2N4O2/c1-15-7-8-29-23(9-15)25(32)31-13-19(16(2)33-24-6-3-17(11-28)12-30-24)20(14-31)18-4-5-21(26)22(27)10-18/h3-10,12,16,19-20H,13-14H2,1-2H3. The van der Waals surface area contributed by atoms with Gasteiger partial charge in [0.1, 0.15) is 17.9 Å². The number of benzene rings is 1. The Kier molecular flexibility index (Phi) is 6.83. The zero-order valence-electron chi connectivity index (χ0n) is 18.2. The second-order valence-corrected chi connectivity index (χ2v) is 9.01. The van der Waals surface area contributed by atoms with Gasteiger partial charge < -0.3 is 9.64 Å². The summed E-state index contributed by atoms with van der Waals surface area (Å²) in [6.07, 6.45) is 2.87. The van der Waals surface area contributed by atoms with Crippen LogP contribution in [-0.2, 0) is 0 Å². The van der Waals surface area contributed by atoms with Crippen molar-refractivity contribution in [2.24, 2.45) is 5.92 Å². The van der Waals surface area contributed by atoms with Crippen molar-refractivity contribution in [3.63, 3.8) is 0 Å². The Balaban J connectivity index is 1.61. The third kappa shape index (κ3) is 5.11. The van der Waals surface area contributed by atoms with Gasteiger partial charge in [0, 0.05) is 43.4 Å². The number of aryl methyl sites for hydroxylation is 1. The number of nitrogens with zero attached hydrogens (tertiary/aromatic N) is 4. The smallest absolute Gasteiger partial charge is 0.272 e. The number of ether oxygens (including phenoxy) is 1. The highest BCUT2D eigenvalue weighted by atomic mass is 35.5. The molecule has 2 aromatic heterocycles. The maximum Gasteiger partial charge on any atom is 0.272 e. The summed E-state index contributed by atoms with van der Waals surface area (Å²) in [5.41, 5.74) is 2.86. The fraction of sp³-hybridized carbons (Fsp3) is 0.280. The van der Waals surface area contributed by atoms with Gasteiger partial charge >= 0.3 is 0 Å². The number of rotatable bonds is 5. The molecule has 1 aliphatic heterocycles. The molecule has 0 radical (unpaired) electrons. The Hall–Kier alpha value is -3.14. The molecular weight excluding hydrogens is 459 g/mol. The van der Waals surface area contributed by atoms with Gasteiger partial charge in [-0.25, -0.2) is 4.98 Å². The first-order valence-electron chi connectivity index (χ1n) is 10.6. The van der Waals surface area contributed by atoms with E-state index in [2.05, 4.69) is 9.97 Å². The summed E-state index contributed by atoms with van der Waals surface area (Å²) in [6.45, 7) is 4.90. The maximum atomic E-state index is 13.2. The number of nitriles is 1. The van der Waals surface area contributed by atoms with Crippen molar-refractivity contribution in [3.05, 3.63) is 87.3 Å². The molecule has 8 heteroatoms. The van der Waals surface area contributed by atoms with Crippen LogP contribution in [0.15, 0.2) is 54.9 Å². The summed E-state index contributed by atoms with van der Waals surface area (Å²) in [7, 11) is 0. The third-order valence-corrected chi connectivity index (χ3v) is 6.67. The molecule has 3 unspecified atom stereocenters. The van der Waals surface area contributed by atoms with E-state index in [-0.39, 0.29) is 23.8 Å². The summed E-state index contributed by atoms with van der Waals surface area (Å²) >= 11 is 12.4. The number of hydrogen-bond donors (Lipinski definition) is 0. The molecule has 1 aliphatic rings. The molecule has 168 valence electrons. The minimum Gasteiger partial charge on any atom is -0.474 e. The monoisotopic (exact) mass is 480 g/mol. The lowest BCUT2D eigenvalue weighted by molar-refractivity contribution is 0.0764. The number of halogens is 2. The van der Waals surface area contributed by atoms with Crippen molar-refractivity contribution in [1.82, 2.24) is 14.9 Å². The number of pyridine rings is 2. The molecular formula is C25H22Cl2N4O2. The summed E-state index contributed by atoms with van der Waals surface area (Å²) in [5.74, 6) is 0.282. The van der Waals surface area contributed by atoms with E-state index in [9.17, 15) is 4.79 Å². The van der Waals surface area contributed by atoms with Gasteiger partial charge in [-0.05, 0) is 55.3 Å². The van der Waals surface area contributed by atoms with E-state index in [1.165, 1.54) is 6.20 Å². The zero-order chi connectivity index (χ0) is 23.5. The van der Waals surface area contributed by atoms with Crippen molar-refractivity contribution >= 4 is 29.1 Å². The Morgan fingerprint density at radius 2 is 1.97 bits per heavy atom. The van der Waals surface area contributed by atoms with Gasteiger partial charge in [0.25, 0.3) is 5.91 Å². The van der Waals surface area contributed by atoms with Gasteiger partial charge in [-0.1, -0.05) is 29.3 Å². The van der Waals surface area contributed by atoms with Gasteiger partial charge in [0.2, 0.25) is 5.88 Å². The maximum absolute atomic E-state index is 13.2. The molecule has 4 rings (SSSR count). The fourth-order valence-electron chi connectivity index (χ4n) is 4.18. The second-order valence-electron chi connectivity index (χ2n) is 8.19. The molecule has 3 atom stereocenters. The van der Waals surface area contributed by atoms with Crippen LogP contribution in [0, 0.1) is 24.2 Å². The molecule has 0 bridgehead atoms. The van der Waals surface area contributed by atoms with E-state index in [1.807, 2.05) is 43.0 Å². The van der Waals surface area contributed by atoms with Crippen LogP contribution in [0.25, 0.3) is 0 Å². The highest BCUT2D eigenvalue weighted by Crippen LogP contribution is 2.38. The van der Waals surface area contributed by atoms with Crippen LogP contribution in [0.3, 0.4) is 0 Å². The molecule has 1 amide bonds. The first-order valence-corrected chi connectivity index (χ1v) is 11.3. The second kappa shape index (κ2) is 9.78. The summed E-state index contributed by atoms with van der Waals surface area (Å²) in [5, 5.41) is 9.94. The number of carbonyl (C=O) groups excluding carboxylic acids is 1. The Bertz CT molecular complexity index is 1210. The quantitative estimate of drug-likeness (QED) is 0.495. The minimum absolute atomic E-state index is 0.0121. The van der Waals surface area contributed by atoms with Crippen LogP contribution in [-0.4, -0.2) is 40.0 Å². The van der Waals surface area contributed by atoms with E-state index in [0.717, 1.165) is 11.1 Å². The SMILES string of the molecule is Cc1ccnc(C(=O)N2CC(c3ccc(Cl)c(Cl)c3)C(C(C)Oc3ccc(C#N)cn3)C2)c1. The molecule has 0 aliphatic carbocycles. The summed E-state index contributed by atoms with van der Waals surface area (Å²) in [6, 6.07) is 14.6. The van der Waals surface area contributed by atoms with Gasteiger partial charge in [-0.3, -0.25) is 9.78 Å². The van der Waals surface area contributed by atoms with Crippen molar-refractivity contribution in [1.29, 1.82) is 5.26 Å². The topological polar surface area (TPSA) is 79.1 Å². The Morgan fingerprint density at radius 3 is 2.64 bits per heavy atom. The Morgan fingerprint density at radius 1 is 1.15 bits per heavy atom. The van der Waals surface area contributed by atoms with Crippen LogP contribution in [0.4, 0.5) is 0 Å². The number of amides is 1. The molecule has 3 heterocycles. The number of carbonyl (C=O) groups is 1. The molecule has 0 spiro atoms. The van der Waals surface area contributed by atoms with Crippen molar-refractivity contribution in [3.8, 4) is 11.9 Å². The predicted molar refractivity (Wildman–Crippen MR) is 127 cm³/mol. The molecule has 0 saturated carbocycles. The van der Waals surface area contributed by atoms with Crippen LogP contribution < -0.4 is 4.74 Å². The lowest BCUT2D eigenvalue weighted by Crippen LogP contribution is -2.32. The number of likely N-dealkylation sites (tertiary alicyclic amines) is 1. The zero-order valence-corrected chi connectivity index (χ0v) is 19.7. The minimum atomic E-state index is -0.256. The lowest BCUT2D eigenvalue weighted by atomic mass is 9.86. The fourth-order valence-corrected chi connectivity index (χ4v) is 4.48. The van der Waals surface area contributed by atoms with E-state index in [4.69, 9.17) is 33.2 Å². The third-order valence-electron chi connectivity index (χ3n) is 5.93. The molecule has 33 heavy (non-hydrogen) atoms. The first-order chi connectivity index (χ1) is 15.9. The average Bonchev–Trinajstić information content (AvgIpc) is 3.26. The van der Waals surface area contributed by atoms with E-state index in [1.54, 1.807) is 30.5 Å². The van der Waals surface area contributed by atoms with Gasteiger partial charge in [-0.15, -0.1) is 0 Å². The molecule has 0 N–H and O–H groups in total. The molecule has 3 aromatic rings. The van der Waals surface area contributed by atoms with Crippen LogP contribution in [0.5, 0.6) is 5.88 Å². The van der Waals surface area contributed by atoms with Crippen molar-refractivity contribution in [2.45, 2.75) is 25.9 Å². The number of aromatic nitrogens is 2. The largest absolute Gasteiger partial charge is 0.474 e. The van der Waals surface area contributed by atoms with Crippen molar-refractivity contribution in [2.75, 3.05) is 13.1 Å². The molecule has 1 aromatic carbocycles. The van der Waals surface area contributed by atoms with Gasteiger partial charge in [-0.2, -0.15) is 5.26 Å². The molecule has 1 fully saturated rings. The highest BCUT2D eigenvalue weighted by molar-refractivity contribution is 6.42. The first kappa shape index (κ1) is 23.0. The van der Waals surface area contributed by atoms with E-state index >= 15 is 0 Å². The van der Waals surface area contributed by atoms with Crippen LogP contribution in [0.1, 0.15) is 40.0 Å². The lowest BCUT2D eigenvalue weighted by Gasteiger charge is -2.25. The molecule has 1 saturated heterocycles. The van der Waals surface area contributed by atoms with Gasteiger partial charge in [0.15, 0.2) is 0 Å².